The van der Waals surface area contributed by atoms with Gasteiger partial charge in [-0.1, -0.05) is 23.8 Å². The third-order valence-electron chi connectivity index (χ3n) is 3.56. The fourth-order valence-electron chi connectivity index (χ4n) is 2.49. The molecule has 2 N–H and O–H groups in total. The fraction of sp³-hybridized carbons (Fsp3) is 0.158. The van der Waals surface area contributed by atoms with Gasteiger partial charge < -0.3 is 10.4 Å². The van der Waals surface area contributed by atoms with E-state index in [2.05, 4.69) is 21.2 Å². The molecule has 0 aromatic heterocycles. The van der Waals surface area contributed by atoms with Gasteiger partial charge in [0.05, 0.1) is 4.47 Å². The Morgan fingerprint density at radius 2 is 1.83 bits per heavy atom. The molecule has 24 heavy (non-hydrogen) atoms. The Hall–Kier alpha value is -2.58. The van der Waals surface area contributed by atoms with E-state index in [1.807, 2.05) is 39.0 Å². The lowest BCUT2D eigenvalue weighted by Gasteiger charge is -2.12. The Bertz CT molecular complexity index is 856. The molecule has 0 aliphatic heterocycles. The van der Waals surface area contributed by atoms with Crippen LogP contribution in [0.15, 0.2) is 40.4 Å². The zero-order chi connectivity index (χ0) is 17.9. The fourth-order valence-corrected chi connectivity index (χ4v) is 2.88. The Labute approximate surface area is 149 Å². The van der Waals surface area contributed by atoms with E-state index in [-0.39, 0.29) is 11.3 Å². The first kappa shape index (κ1) is 17.8. The normalized spacial score (nSPS) is 11.0. The summed E-state index contributed by atoms with van der Waals surface area (Å²) >= 11 is 3.21. The summed E-state index contributed by atoms with van der Waals surface area (Å²) in [6.07, 6.45) is 1.48. The topological polar surface area (TPSA) is 73.1 Å². The van der Waals surface area contributed by atoms with Gasteiger partial charge >= 0.3 is 0 Å². The smallest absolute Gasteiger partial charge is 0.266 e. The molecule has 0 fully saturated rings. The second-order valence-corrected chi connectivity index (χ2v) is 6.46. The molecule has 0 saturated carbocycles. The zero-order valence-corrected chi connectivity index (χ0v) is 15.2. The highest BCUT2D eigenvalue weighted by atomic mass is 79.9. The third kappa shape index (κ3) is 4.03. The highest BCUT2D eigenvalue weighted by Gasteiger charge is 2.13. The van der Waals surface area contributed by atoms with Gasteiger partial charge in [0.1, 0.15) is 17.4 Å². The molecule has 0 bridgehead atoms. The van der Waals surface area contributed by atoms with Gasteiger partial charge in [-0.2, -0.15) is 5.26 Å². The number of hydrogen-bond acceptors (Lipinski definition) is 3. The highest BCUT2D eigenvalue weighted by Crippen LogP contribution is 2.26. The molecule has 4 nitrogen and oxygen atoms in total. The van der Waals surface area contributed by atoms with Crippen LogP contribution in [0.5, 0.6) is 5.75 Å². The van der Waals surface area contributed by atoms with E-state index in [1.165, 1.54) is 12.1 Å². The third-order valence-corrected chi connectivity index (χ3v) is 4.20. The SMILES string of the molecule is Cc1cc(C)c(NC(=O)/C(C#N)=C/c2ccc(O)c(Br)c2)c(C)c1. The van der Waals surface area contributed by atoms with Gasteiger partial charge in [-0.15, -0.1) is 0 Å². The average molecular weight is 385 g/mol. The number of nitrogens with one attached hydrogen (secondary N) is 1. The minimum absolute atomic E-state index is 0.00744. The first-order valence-electron chi connectivity index (χ1n) is 7.31. The monoisotopic (exact) mass is 384 g/mol. The lowest BCUT2D eigenvalue weighted by Crippen LogP contribution is -2.15. The first-order chi connectivity index (χ1) is 11.3. The molecule has 0 heterocycles. The van der Waals surface area contributed by atoms with Crippen molar-refractivity contribution in [3.05, 3.63) is 62.6 Å². The minimum Gasteiger partial charge on any atom is -0.507 e. The van der Waals surface area contributed by atoms with Crippen molar-refractivity contribution in [2.45, 2.75) is 20.8 Å². The van der Waals surface area contributed by atoms with Gasteiger partial charge in [0.25, 0.3) is 5.91 Å². The maximum absolute atomic E-state index is 12.4. The van der Waals surface area contributed by atoms with E-state index in [0.29, 0.717) is 10.0 Å². The number of nitrogens with zero attached hydrogens (tertiary/aromatic N) is 1. The molecule has 0 saturated heterocycles. The Morgan fingerprint density at radius 3 is 2.38 bits per heavy atom. The number of rotatable bonds is 3. The molecule has 122 valence electrons. The van der Waals surface area contributed by atoms with Crippen molar-refractivity contribution in [2.24, 2.45) is 0 Å². The Balaban J connectivity index is 2.31. The zero-order valence-electron chi connectivity index (χ0n) is 13.6. The van der Waals surface area contributed by atoms with Crippen LogP contribution < -0.4 is 5.32 Å². The lowest BCUT2D eigenvalue weighted by atomic mass is 10.0. The van der Waals surface area contributed by atoms with Gasteiger partial charge in [-0.05, 0) is 71.6 Å². The van der Waals surface area contributed by atoms with Crippen molar-refractivity contribution in [1.82, 2.24) is 0 Å². The van der Waals surface area contributed by atoms with Crippen molar-refractivity contribution >= 4 is 33.6 Å². The van der Waals surface area contributed by atoms with Gasteiger partial charge in [-0.3, -0.25) is 4.79 Å². The molecular formula is C19H17BrN2O2. The maximum atomic E-state index is 12.4. The number of hydrogen-bond donors (Lipinski definition) is 2. The number of anilines is 1. The number of benzene rings is 2. The van der Waals surface area contributed by atoms with E-state index in [4.69, 9.17) is 0 Å². The standard InChI is InChI=1S/C19H17BrN2O2/c1-11-6-12(2)18(13(3)7-11)22-19(24)15(10-21)8-14-4-5-17(23)16(20)9-14/h4-9,23H,1-3H3,(H,22,24)/b15-8+. The number of carbonyl (C=O) groups excluding carboxylic acids is 1. The van der Waals surface area contributed by atoms with Gasteiger partial charge in [0.15, 0.2) is 0 Å². The predicted molar refractivity (Wildman–Crippen MR) is 98.7 cm³/mol. The van der Waals surface area contributed by atoms with Crippen LogP contribution in [0.25, 0.3) is 6.08 Å². The largest absolute Gasteiger partial charge is 0.507 e. The number of phenolic OH excluding ortho intramolecular Hbond substituents is 1. The van der Waals surface area contributed by atoms with Crippen molar-refractivity contribution in [3.8, 4) is 11.8 Å². The molecule has 0 radical (unpaired) electrons. The summed E-state index contributed by atoms with van der Waals surface area (Å²) in [4.78, 5) is 12.4. The predicted octanol–water partition coefficient (Wildman–Crippen LogP) is 4.63. The summed E-state index contributed by atoms with van der Waals surface area (Å²) in [6.45, 7) is 5.83. The highest BCUT2D eigenvalue weighted by molar-refractivity contribution is 9.10. The summed E-state index contributed by atoms with van der Waals surface area (Å²) in [7, 11) is 0. The number of aromatic hydroxyl groups is 1. The van der Waals surface area contributed by atoms with Crippen LogP contribution in [0.2, 0.25) is 0 Å². The Kier molecular flexibility index (Phi) is 5.42. The van der Waals surface area contributed by atoms with Gasteiger partial charge in [0, 0.05) is 5.69 Å². The van der Waals surface area contributed by atoms with Crippen LogP contribution in [-0.2, 0) is 4.79 Å². The molecule has 0 aliphatic carbocycles. The molecule has 0 unspecified atom stereocenters. The molecule has 0 aliphatic rings. The van der Waals surface area contributed by atoms with Crippen molar-refractivity contribution < 1.29 is 9.90 Å². The summed E-state index contributed by atoms with van der Waals surface area (Å²) < 4.78 is 0.499. The molecule has 2 aromatic rings. The summed E-state index contributed by atoms with van der Waals surface area (Å²) in [5, 5.41) is 21.6. The van der Waals surface area contributed by atoms with Gasteiger partial charge in [-0.25, -0.2) is 0 Å². The summed E-state index contributed by atoms with van der Waals surface area (Å²) in [5.74, 6) is -0.363. The lowest BCUT2D eigenvalue weighted by molar-refractivity contribution is -0.112. The molecule has 5 heteroatoms. The van der Waals surface area contributed by atoms with E-state index in [9.17, 15) is 15.2 Å². The Morgan fingerprint density at radius 1 is 1.21 bits per heavy atom. The number of nitriles is 1. The van der Waals surface area contributed by atoms with E-state index < -0.39 is 5.91 Å². The molecule has 1 amide bonds. The second-order valence-electron chi connectivity index (χ2n) is 5.61. The van der Waals surface area contributed by atoms with E-state index in [0.717, 1.165) is 22.4 Å². The molecule has 2 aromatic carbocycles. The quantitative estimate of drug-likeness (QED) is 0.598. The molecule has 0 spiro atoms. The van der Waals surface area contributed by atoms with Crippen LogP contribution in [0.1, 0.15) is 22.3 Å². The van der Waals surface area contributed by atoms with Crippen molar-refractivity contribution in [3.63, 3.8) is 0 Å². The molecular weight excluding hydrogens is 368 g/mol. The summed E-state index contributed by atoms with van der Waals surface area (Å²) in [6, 6.07) is 10.7. The number of carbonyl (C=O) groups is 1. The van der Waals surface area contributed by atoms with Crippen molar-refractivity contribution in [1.29, 1.82) is 5.26 Å². The van der Waals surface area contributed by atoms with E-state index >= 15 is 0 Å². The average Bonchev–Trinajstić information content (AvgIpc) is 2.51. The maximum Gasteiger partial charge on any atom is 0.266 e. The number of halogens is 1. The van der Waals surface area contributed by atoms with Crippen LogP contribution in [0.3, 0.4) is 0 Å². The molecule has 2 rings (SSSR count). The van der Waals surface area contributed by atoms with Crippen LogP contribution >= 0.6 is 15.9 Å². The van der Waals surface area contributed by atoms with Crippen molar-refractivity contribution in [2.75, 3.05) is 5.32 Å². The van der Waals surface area contributed by atoms with Crippen LogP contribution in [0, 0.1) is 32.1 Å². The number of phenols is 1. The second kappa shape index (κ2) is 7.33. The van der Waals surface area contributed by atoms with Gasteiger partial charge in [0.2, 0.25) is 0 Å². The first-order valence-corrected chi connectivity index (χ1v) is 8.10. The number of aryl methyl sites for hydroxylation is 3. The van der Waals surface area contributed by atoms with Crippen LogP contribution in [-0.4, -0.2) is 11.0 Å². The van der Waals surface area contributed by atoms with Crippen LogP contribution in [0.4, 0.5) is 5.69 Å². The summed E-state index contributed by atoms with van der Waals surface area (Å²) in [5.41, 5.74) is 4.37. The number of amides is 1. The molecule has 0 atom stereocenters. The van der Waals surface area contributed by atoms with E-state index in [1.54, 1.807) is 12.1 Å². The minimum atomic E-state index is -0.461.